The van der Waals surface area contributed by atoms with E-state index in [0.717, 1.165) is 25.2 Å². The lowest BCUT2D eigenvalue weighted by atomic mass is 9.45. The zero-order valence-electron chi connectivity index (χ0n) is 14.3. The normalized spacial score (nSPS) is 53.8. The molecule has 0 spiro atoms. The molecule has 4 aliphatic rings. The monoisotopic (exact) mass is 302 g/mol. The van der Waals surface area contributed by atoms with Crippen molar-refractivity contribution in [2.24, 2.45) is 34.5 Å². The molecule has 4 rings (SSSR count). The predicted octanol–water partition coefficient (Wildman–Crippen LogP) is 4.39. The standard InChI is InChI=1S/C20H30O2/c1-19-11-5-4-6-13(19)7-8-14-15-9-10-17(21)20(15,2)12-16(22-3)18(14)19/h4,6,13-16,18H,5,7-12H2,1-3H3/t13?,14-,15?,16-,18?,19-,20-/m0/s1. The molecular formula is C20H30O2. The fraction of sp³-hybridized carbons (Fsp3) is 0.850. The van der Waals surface area contributed by atoms with Crippen molar-refractivity contribution in [3.8, 4) is 0 Å². The van der Waals surface area contributed by atoms with Gasteiger partial charge in [0.25, 0.3) is 0 Å². The van der Waals surface area contributed by atoms with E-state index in [4.69, 9.17) is 4.74 Å². The first-order chi connectivity index (χ1) is 10.5. The first-order valence-corrected chi connectivity index (χ1v) is 9.23. The van der Waals surface area contributed by atoms with Crippen LogP contribution in [-0.2, 0) is 9.53 Å². The van der Waals surface area contributed by atoms with E-state index in [2.05, 4.69) is 26.0 Å². The summed E-state index contributed by atoms with van der Waals surface area (Å²) in [4.78, 5) is 12.6. The summed E-state index contributed by atoms with van der Waals surface area (Å²) in [5.74, 6) is 3.18. The highest BCUT2D eigenvalue weighted by molar-refractivity contribution is 5.87. The largest absolute Gasteiger partial charge is 0.381 e. The number of Topliss-reactive ketones (excluding diaryl/α,β-unsaturated/α-hetero) is 1. The molecule has 0 aromatic rings. The molecule has 0 radical (unpaired) electrons. The maximum atomic E-state index is 12.6. The second-order valence-corrected chi connectivity index (χ2v) is 8.81. The molecule has 3 unspecified atom stereocenters. The van der Waals surface area contributed by atoms with Gasteiger partial charge in [0.2, 0.25) is 0 Å². The van der Waals surface area contributed by atoms with E-state index in [1.165, 1.54) is 25.7 Å². The highest BCUT2D eigenvalue weighted by Crippen LogP contribution is 2.65. The van der Waals surface area contributed by atoms with E-state index in [1.807, 2.05) is 7.11 Å². The third kappa shape index (κ3) is 1.79. The molecule has 0 aromatic carbocycles. The van der Waals surface area contributed by atoms with E-state index >= 15 is 0 Å². The molecule has 0 aliphatic heterocycles. The molecule has 0 amide bonds. The van der Waals surface area contributed by atoms with E-state index in [-0.39, 0.29) is 11.5 Å². The molecule has 4 aliphatic carbocycles. The van der Waals surface area contributed by atoms with Gasteiger partial charge in [-0.1, -0.05) is 26.0 Å². The second-order valence-electron chi connectivity index (χ2n) is 8.81. The van der Waals surface area contributed by atoms with Gasteiger partial charge >= 0.3 is 0 Å². The van der Waals surface area contributed by atoms with Crippen LogP contribution in [0.4, 0.5) is 0 Å². The number of carbonyl (C=O) groups excluding carboxylic acids is 1. The molecule has 0 heterocycles. The van der Waals surface area contributed by atoms with E-state index < -0.39 is 0 Å². The van der Waals surface area contributed by atoms with Gasteiger partial charge in [0.1, 0.15) is 5.78 Å². The minimum absolute atomic E-state index is 0.102. The van der Waals surface area contributed by atoms with Crippen LogP contribution in [0.2, 0.25) is 0 Å². The second kappa shape index (κ2) is 4.93. The van der Waals surface area contributed by atoms with Crippen molar-refractivity contribution in [3.05, 3.63) is 12.2 Å². The molecule has 0 bridgehead atoms. The first kappa shape index (κ1) is 14.9. The van der Waals surface area contributed by atoms with Gasteiger partial charge in [-0.15, -0.1) is 0 Å². The maximum absolute atomic E-state index is 12.6. The number of allylic oxidation sites excluding steroid dienone is 2. The number of carbonyl (C=O) groups is 1. The average molecular weight is 302 g/mol. The van der Waals surface area contributed by atoms with Gasteiger partial charge in [-0.25, -0.2) is 0 Å². The lowest BCUT2D eigenvalue weighted by Crippen LogP contribution is -2.58. The van der Waals surface area contributed by atoms with Crippen LogP contribution in [0.1, 0.15) is 58.8 Å². The molecule has 7 atom stereocenters. The Balaban J connectivity index is 1.75. The number of hydrogen-bond donors (Lipinski definition) is 0. The molecule has 22 heavy (non-hydrogen) atoms. The molecule has 3 fully saturated rings. The molecule has 0 N–H and O–H groups in total. The molecule has 2 heteroatoms. The summed E-state index contributed by atoms with van der Waals surface area (Å²) in [7, 11) is 1.87. The summed E-state index contributed by atoms with van der Waals surface area (Å²) >= 11 is 0. The topological polar surface area (TPSA) is 26.3 Å². The van der Waals surface area contributed by atoms with Crippen LogP contribution in [0, 0.1) is 34.5 Å². The fourth-order valence-corrected chi connectivity index (χ4v) is 6.92. The van der Waals surface area contributed by atoms with Crippen molar-refractivity contribution in [2.45, 2.75) is 64.9 Å². The Kier molecular flexibility index (Phi) is 3.35. The summed E-state index contributed by atoms with van der Waals surface area (Å²) in [6.07, 6.45) is 13.2. The summed E-state index contributed by atoms with van der Waals surface area (Å²) < 4.78 is 6.02. The predicted molar refractivity (Wildman–Crippen MR) is 87.4 cm³/mol. The van der Waals surface area contributed by atoms with Crippen LogP contribution in [0.3, 0.4) is 0 Å². The van der Waals surface area contributed by atoms with Gasteiger partial charge in [0, 0.05) is 18.9 Å². The van der Waals surface area contributed by atoms with Gasteiger partial charge in [0.15, 0.2) is 0 Å². The Hall–Kier alpha value is -0.630. The van der Waals surface area contributed by atoms with Crippen molar-refractivity contribution in [2.75, 3.05) is 7.11 Å². The molecule has 0 saturated heterocycles. The molecule has 122 valence electrons. The number of ketones is 1. The first-order valence-electron chi connectivity index (χ1n) is 9.23. The summed E-state index contributed by atoms with van der Waals surface area (Å²) in [6, 6.07) is 0. The van der Waals surface area contributed by atoms with Crippen LogP contribution >= 0.6 is 0 Å². The quantitative estimate of drug-likeness (QED) is 0.672. The Morgan fingerprint density at radius 3 is 2.82 bits per heavy atom. The minimum atomic E-state index is -0.102. The van der Waals surface area contributed by atoms with E-state index in [1.54, 1.807) is 0 Å². The SMILES string of the molecule is CO[C@H]1C[C@]2(C)C(=O)CCC2[C@@H]2CCC3C=CCC[C@]3(C)C21. The number of methoxy groups -OCH3 is 1. The minimum Gasteiger partial charge on any atom is -0.381 e. The average Bonchev–Trinajstić information content (AvgIpc) is 2.81. The van der Waals surface area contributed by atoms with Crippen LogP contribution in [0.15, 0.2) is 12.2 Å². The zero-order valence-corrected chi connectivity index (χ0v) is 14.3. The van der Waals surface area contributed by atoms with Crippen LogP contribution < -0.4 is 0 Å². The summed E-state index contributed by atoms with van der Waals surface area (Å²) in [6.45, 7) is 4.76. The van der Waals surface area contributed by atoms with E-state index in [9.17, 15) is 4.79 Å². The Morgan fingerprint density at radius 1 is 1.23 bits per heavy atom. The van der Waals surface area contributed by atoms with Gasteiger partial charge in [-0.2, -0.15) is 0 Å². The molecule has 2 nitrogen and oxygen atoms in total. The van der Waals surface area contributed by atoms with Gasteiger partial charge in [-0.05, 0) is 67.6 Å². The van der Waals surface area contributed by atoms with Gasteiger partial charge in [0.05, 0.1) is 6.10 Å². The van der Waals surface area contributed by atoms with E-state index in [0.29, 0.717) is 29.0 Å². The van der Waals surface area contributed by atoms with Crippen LogP contribution in [-0.4, -0.2) is 19.0 Å². The van der Waals surface area contributed by atoms with Crippen LogP contribution in [0.5, 0.6) is 0 Å². The number of hydrogen-bond acceptors (Lipinski definition) is 2. The maximum Gasteiger partial charge on any atom is 0.139 e. The number of ether oxygens (including phenoxy) is 1. The number of rotatable bonds is 1. The Morgan fingerprint density at radius 2 is 2.05 bits per heavy atom. The third-order valence-electron chi connectivity index (χ3n) is 8.08. The Labute approximate surface area is 134 Å². The van der Waals surface area contributed by atoms with Crippen molar-refractivity contribution < 1.29 is 9.53 Å². The smallest absolute Gasteiger partial charge is 0.139 e. The Bertz CT molecular complexity index is 510. The molecule has 3 saturated carbocycles. The highest BCUT2D eigenvalue weighted by Gasteiger charge is 2.62. The van der Waals surface area contributed by atoms with Crippen molar-refractivity contribution >= 4 is 5.78 Å². The summed E-state index contributed by atoms with van der Waals surface area (Å²) in [5.41, 5.74) is 0.279. The lowest BCUT2D eigenvalue weighted by Gasteiger charge is -2.60. The summed E-state index contributed by atoms with van der Waals surface area (Å²) in [5, 5.41) is 0. The molecular weight excluding hydrogens is 272 g/mol. The number of fused-ring (bicyclic) bond motifs is 5. The zero-order chi connectivity index (χ0) is 15.5. The van der Waals surface area contributed by atoms with Gasteiger partial charge in [-0.3, -0.25) is 4.79 Å². The van der Waals surface area contributed by atoms with Crippen molar-refractivity contribution in [1.29, 1.82) is 0 Å². The lowest BCUT2D eigenvalue weighted by molar-refractivity contribution is -0.166. The van der Waals surface area contributed by atoms with Crippen molar-refractivity contribution in [1.82, 2.24) is 0 Å². The van der Waals surface area contributed by atoms with Crippen molar-refractivity contribution in [3.63, 3.8) is 0 Å². The van der Waals surface area contributed by atoms with Crippen LogP contribution in [0.25, 0.3) is 0 Å². The van der Waals surface area contributed by atoms with Gasteiger partial charge < -0.3 is 4.74 Å². The highest BCUT2D eigenvalue weighted by atomic mass is 16.5. The molecule has 0 aromatic heterocycles. The third-order valence-corrected chi connectivity index (χ3v) is 8.08. The fourth-order valence-electron chi connectivity index (χ4n) is 6.92.